The van der Waals surface area contributed by atoms with Crippen LogP contribution < -0.4 is 0 Å². The third-order valence-electron chi connectivity index (χ3n) is 5.17. The Morgan fingerprint density at radius 3 is 1.60 bits per heavy atom. The zero-order chi connectivity index (χ0) is 17.3. The topological polar surface area (TPSA) is 17.1 Å². The van der Waals surface area contributed by atoms with Gasteiger partial charge in [-0.25, -0.2) is 0 Å². The molecule has 0 saturated heterocycles. The summed E-state index contributed by atoms with van der Waals surface area (Å²) < 4.78 is 0. The molecule has 25 heavy (non-hydrogen) atoms. The van der Waals surface area contributed by atoms with Gasteiger partial charge in [-0.1, -0.05) is 96.6 Å². The Morgan fingerprint density at radius 1 is 0.680 bits per heavy atom. The van der Waals surface area contributed by atoms with Crippen LogP contribution in [0.4, 0.5) is 0 Å². The Balaban J connectivity index is 1.92. The first-order chi connectivity index (χ1) is 12.2. The molecule has 0 fully saturated rings. The molecule has 0 unspecified atom stereocenters. The minimum Gasteiger partial charge on any atom is -0.293 e. The van der Waals surface area contributed by atoms with Crippen molar-refractivity contribution in [1.29, 1.82) is 0 Å². The predicted molar refractivity (Wildman–Crippen MR) is 102 cm³/mol. The molecule has 0 spiro atoms. The van der Waals surface area contributed by atoms with Gasteiger partial charge in [0, 0.05) is 5.57 Å². The molecule has 1 aliphatic rings. The van der Waals surface area contributed by atoms with Crippen molar-refractivity contribution < 1.29 is 4.79 Å². The molecule has 0 bridgehead atoms. The van der Waals surface area contributed by atoms with Crippen LogP contribution in [0.3, 0.4) is 0 Å². The fourth-order valence-electron chi connectivity index (χ4n) is 4.03. The molecule has 0 atom stereocenters. The van der Waals surface area contributed by atoms with Crippen molar-refractivity contribution in [3.63, 3.8) is 0 Å². The van der Waals surface area contributed by atoms with E-state index in [2.05, 4.69) is 31.2 Å². The summed E-state index contributed by atoms with van der Waals surface area (Å²) in [5, 5.41) is 0. The van der Waals surface area contributed by atoms with Crippen molar-refractivity contribution in [3.05, 3.63) is 113 Å². The fraction of sp³-hybridized carbons (Fsp3) is 0.125. The monoisotopic (exact) mass is 324 g/mol. The van der Waals surface area contributed by atoms with E-state index in [1.165, 1.54) is 0 Å². The molecule has 0 radical (unpaired) electrons. The van der Waals surface area contributed by atoms with E-state index in [0.29, 0.717) is 0 Å². The summed E-state index contributed by atoms with van der Waals surface area (Å²) in [6.07, 6.45) is 0.726. The molecule has 1 heteroatoms. The van der Waals surface area contributed by atoms with Crippen LogP contribution >= 0.6 is 0 Å². The summed E-state index contributed by atoms with van der Waals surface area (Å²) in [6, 6.07) is 30.4. The highest BCUT2D eigenvalue weighted by atomic mass is 16.1. The maximum atomic E-state index is 13.8. The van der Waals surface area contributed by atoms with Crippen LogP contribution in [-0.4, -0.2) is 5.78 Å². The lowest BCUT2D eigenvalue weighted by molar-refractivity contribution is -0.116. The average Bonchev–Trinajstić information content (AvgIpc) is 2.95. The van der Waals surface area contributed by atoms with Gasteiger partial charge in [-0.3, -0.25) is 4.79 Å². The Kier molecular flexibility index (Phi) is 3.85. The summed E-state index contributed by atoms with van der Waals surface area (Å²) in [6.45, 7) is 2.09. The van der Waals surface area contributed by atoms with E-state index in [-0.39, 0.29) is 5.78 Å². The highest BCUT2D eigenvalue weighted by Crippen LogP contribution is 2.49. The molecular formula is C24H20O. The van der Waals surface area contributed by atoms with Crippen LogP contribution in [0.1, 0.15) is 30.0 Å². The predicted octanol–water partition coefficient (Wildman–Crippen LogP) is 5.42. The summed E-state index contributed by atoms with van der Waals surface area (Å²) in [4.78, 5) is 13.8. The fourth-order valence-corrected chi connectivity index (χ4v) is 4.03. The second-order valence-corrected chi connectivity index (χ2v) is 6.66. The molecule has 0 aromatic heterocycles. The van der Waals surface area contributed by atoms with Gasteiger partial charge in [0.1, 0.15) is 0 Å². The lowest BCUT2D eigenvalue weighted by atomic mass is 9.70. The number of Topliss-reactive ketones (excluding diaryl/α,β-unsaturated/α-hetero) is 1. The van der Waals surface area contributed by atoms with Gasteiger partial charge >= 0.3 is 0 Å². The molecule has 0 aliphatic heterocycles. The maximum Gasteiger partial charge on any atom is 0.178 e. The third-order valence-corrected chi connectivity index (χ3v) is 5.17. The van der Waals surface area contributed by atoms with E-state index in [1.54, 1.807) is 0 Å². The smallest absolute Gasteiger partial charge is 0.178 e. The van der Waals surface area contributed by atoms with Crippen molar-refractivity contribution in [3.8, 4) is 0 Å². The van der Waals surface area contributed by atoms with Crippen LogP contribution in [-0.2, 0) is 10.2 Å². The van der Waals surface area contributed by atoms with Crippen molar-refractivity contribution in [2.75, 3.05) is 0 Å². The zero-order valence-electron chi connectivity index (χ0n) is 14.3. The van der Waals surface area contributed by atoms with Gasteiger partial charge in [-0.05, 0) is 30.0 Å². The SMILES string of the molecule is CC1=C(c2ccccc2)C(=O)C(c2ccccc2)(c2ccccc2)C1. The van der Waals surface area contributed by atoms with Gasteiger partial charge in [0.2, 0.25) is 0 Å². The number of benzene rings is 3. The maximum absolute atomic E-state index is 13.8. The van der Waals surface area contributed by atoms with E-state index in [1.807, 2.05) is 66.7 Å². The summed E-state index contributed by atoms with van der Waals surface area (Å²) in [5.74, 6) is 0.202. The molecule has 1 aliphatic carbocycles. The van der Waals surface area contributed by atoms with Crippen molar-refractivity contribution in [2.24, 2.45) is 0 Å². The lowest BCUT2D eigenvalue weighted by Gasteiger charge is -2.30. The number of carbonyl (C=O) groups is 1. The minimum atomic E-state index is -0.627. The summed E-state index contributed by atoms with van der Waals surface area (Å²) in [5.41, 5.74) is 4.54. The van der Waals surface area contributed by atoms with Crippen LogP contribution in [0.5, 0.6) is 0 Å². The highest BCUT2D eigenvalue weighted by Gasteiger charge is 2.48. The van der Waals surface area contributed by atoms with Gasteiger partial charge in [0.25, 0.3) is 0 Å². The van der Waals surface area contributed by atoms with Crippen LogP contribution in [0, 0.1) is 0 Å². The third kappa shape index (κ3) is 2.44. The van der Waals surface area contributed by atoms with Crippen LogP contribution in [0.2, 0.25) is 0 Å². The molecular weight excluding hydrogens is 304 g/mol. The first kappa shape index (κ1) is 15.6. The molecule has 0 amide bonds. The Bertz CT molecular complexity index is 882. The molecule has 1 nitrogen and oxygen atoms in total. The number of carbonyl (C=O) groups excluding carboxylic acids is 1. The highest BCUT2D eigenvalue weighted by molar-refractivity contribution is 6.29. The lowest BCUT2D eigenvalue weighted by Crippen LogP contribution is -2.34. The Labute approximate surface area is 148 Å². The normalized spacial score (nSPS) is 16.3. The van der Waals surface area contributed by atoms with Crippen molar-refractivity contribution >= 4 is 11.4 Å². The van der Waals surface area contributed by atoms with Crippen molar-refractivity contribution in [1.82, 2.24) is 0 Å². The Morgan fingerprint density at radius 2 is 1.12 bits per heavy atom. The van der Waals surface area contributed by atoms with Gasteiger partial charge in [0.15, 0.2) is 5.78 Å². The second kappa shape index (κ2) is 6.18. The van der Waals surface area contributed by atoms with Gasteiger partial charge in [-0.2, -0.15) is 0 Å². The molecule has 3 aromatic rings. The number of hydrogen-bond donors (Lipinski definition) is 0. The molecule has 122 valence electrons. The molecule has 3 aromatic carbocycles. The number of ketones is 1. The molecule has 0 heterocycles. The second-order valence-electron chi connectivity index (χ2n) is 6.66. The first-order valence-corrected chi connectivity index (χ1v) is 8.64. The van der Waals surface area contributed by atoms with Crippen LogP contribution in [0.15, 0.2) is 96.6 Å². The van der Waals surface area contributed by atoms with E-state index in [9.17, 15) is 4.79 Å². The van der Waals surface area contributed by atoms with Crippen LogP contribution in [0.25, 0.3) is 5.57 Å². The molecule has 4 rings (SSSR count). The minimum absolute atomic E-state index is 0.202. The van der Waals surface area contributed by atoms with Gasteiger partial charge < -0.3 is 0 Å². The number of rotatable bonds is 3. The van der Waals surface area contributed by atoms with Gasteiger partial charge in [-0.15, -0.1) is 0 Å². The number of allylic oxidation sites excluding steroid dienone is 2. The largest absolute Gasteiger partial charge is 0.293 e. The quantitative estimate of drug-likeness (QED) is 0.629. The van der Waals surface area contributed by atoms with E-state index in [4.69, 9.17) is 0 Å². The summed E-state index contributed by atoms with van der Waals surface area (Å²) >= 11 is 0. The van der Waals surface area contributed by atoms with E-state index < -0.39 is 5.41 Å². The van der Waals surface area contributed by atoms with E-state index in [0.717, 1.165) is 34.3 Å². The molecule has 0 N–H and O–H groups in total. The van der Waals surface area contributed by atoms with Gasteiger partial charge in [0.05, 0.1) is 5.41 Å². The zero-order valence-corrected chi connectivity index (χ0v) is 14.3. The average molecular weight is 324 g/mol. The number of hydrogen-bond acceptors (Lipinski definition) is 1. The molecule has 0 saturated carbocycles. The van der Waals surface area contributed by atoms with E-state index >= 15 is 0 Å². The van der Waals surface area contributed by atoms with Crippen molar-refractivity contribution in [2.45, 2.75) is 18.8 Å². The first-order valence-electron chi connectivity index (χ1n) is 8.64. The Hall–Kier alpha value is -2.93. The standard InChI is InChI=1S/C24H20O/c1-18-17-24(20-13-7-3-8-14-20,21-15-9-4-10-16-21)23(25)22(18)19-11-5-2-6-12-19/h2-16H,17H2,1H3. The summed E-state index contributed by atoms with van der Waals surface area (Å²) in [7, 11) is 0.